The first kappa shape index (κ1) is 13.4. The van der Waals surface area contributed by atoms with Crippen molar-refractivity contribution in [1.82, 2.24) is 4.72 Å². The fourth-order valence-corrected chi connectivity index (χ4v) is 3.29. The topological polar surface area (TPSA) is 58.2 Å². The van der Waals surface area contributed by atoms with Crippen LogP contribution >= 0.6 is 0 Å². The first-order valence-electron chi connectivity index (χ1n) is 6.46. The average molecular weight is 268 g/mol. The minimum Gasteiger partial charge on any atom is -0.384 e. The lowest BCUT2D eigenvalue weighted by Crippen LogP contribution is -2.26. The molecule has 0 saturated heterocycles. The van der Waals surface area contributed by atoms with Gasteiger partial charge in [0.2, 0.25) is 10.0 Å². The summed E-state index contributed by atoms with van der Waals surface area (Å²) in [7, 11) is -3.39. The maximum atomic E-state index is 12.0. The SMILES string of the molecule is CCNS(=O)(=O)c1ccccc1NCC1CCC1. The van der Waals surface area contributed by atoms with Crippen LogP contribution in [-0.2, 0) is 10.0 Å². The summed E-state index contributed by atoms with van der Waals surface area (Å²) in [5.74, 6) is 0.694. The minimum absolute atomic E-state index is 0.339. The lowest BCUT2D eigenvalue weighted by atomic mass is 9.85. The fourth-order valence-electron chi connectivity index (χ4n) is 2.07. The van der Waals surface area contributed by atoms with Crippen LogP contribution in [0, 0.1) is 5.92 Å². The van der Waals surface area contributed by atoms with Gasteiger partial charge in [0.1, 0.15) is 4.90 Å². The molecule has 0 bridgehead atoms. The smallest absolute Gasteiger partial charge is 0.242 e. The molecule has 1 aromatic rings. The minimum atomic E-state index is -3.39. The summed E-state index contributed by atoms with van der Waals surface area (Å²) in [6.45, 7) is 3.04. The Bertz CT molecular complexity index is 495. The lowest BCUT2D eigenvalue weighted by Gasteiger charge is -2.26. The number of nitrogens with one attached hydrogen (secondary N) is 2. The van der Waals surface area contributed by atoms with Crippen LogP contribution in [0.5, 0.6) is 0 Å². The van der Waals surface area contributed by atoms with Gasteiger partial charge in [0.15, 0.2) is 0 Å². The molecule has 2 N–H and O–H groups in total. The Labute approximate surface area is 109 Å². The molecule has 1 aromatic carbocycles. The highest BCUT2D eigenvalue weighted by molar-refractivity contribution is 7.89. The summed E-state index contributed by atoms with van der Waals surface area (Å²) in [5, 5.41) is 3.26. The lowest BCUT2D eigenvalue weighted by molar-refractivity contribution is 0.333. The van der Waals surface area contributed by atoms with Crippen LogP contribution in [0.1, 0.15) is 26.2 Å². The van der Waals surface area contributed by atoms with Crippen LogP contribution in [0.4, 0.5) is 5.69 Å². The van der Waals surface area contributed by atoms with E-state index in [9.17, 15) is 8.42 Å². The molecule has 5 heteroatoms. The second-order valence-electron chi connectivity index (χ2n) is 4.68. The normalized spacial score (nSPS) is 16.3. The summed E-state index contributed by atoms with van der Waals surface area (Å²) in [4.78, 5) is 0.339. The zero-order chi connectivity index (χ0) is 13.0. The Morgan fingerprint density at radius 3 is 2.61 bits per heavy atom. The Morgan fingerprint density at radius 1 is 1.28 bits per heavy atom. The first-order valence-corrected chi connectivity index (χ1v) is 7.94. The fraction of sp³-hybridized carbons (Fsp3) is 0.538. The molecule has 4 nitrogen and oxygen atoms in total. The Balaban J connectivity index is 2.14. The molecule has 2 rings (SSSR count). The molecule has 0 spiro atoms. The number of sulfonamides is 1. The second kappa shape index (κ2) is 5.71. The van der Waals surface area contributed by atoms with Crippen LogP contribution in [0.15, 0.2) is 29.2 Å². The first-order chi connectivity index (χ1) is 8.63. The van der Waals surface area contributed by atoms with Gasteiger partial charge in [-0.2, -0.15) is 0 Å². The third-order valence-corrected chi connectivity index (χ3v) is 4.92. The van der Waals surface area contributed by atoms with Crippen molar-refractivity contribution < 1.29 is 8.42 Å². The molecule has 0 unspecified atom stereocenters. The molecule has 1 saturated carbocycles. The molecule has 1 fully saturated rings. The third-order valence-electron chi connectivity index (χ3n) is 3.32. The van der Waals surface area contributed by atoms with Crippen molar-refractivity contribution in [3.8, 4) is 0 Å². The predicted molar refractivity (Wildman–Crippen MR) is 73.1 cm³/mol. The quantitative estimate of drug-likeness (QED) is 0.831. The monoisotopic (exact) mass is 268 g/mol. The van der Waals surface area contributed by atoms with Gasteiger partial charge in [-0.25, -0.2) is 13.1 Å². The van der Waals surface area contributed by atoms with E-state index in [0.717, 1.165) is 6.54 Å². The van der Waals surface area contributed by atoms with Crippen molar-refractivity contribution in [2.45, 2.75) is 31.1 Å². The molecule has 18 heavy (non-hydrogen) atoms. The van der Waals surface area contributed by atoms with Gasteiger partial charge in [0.05, 0.1) is 5.69 Å². The molecular weight excluding hydrogens is 248 g/mol. The highest BCUT2D eigenvalue weighted by Gasteiger charge is 2.20. The number of hydrogen-bond acceptors (Lipinski definition) is 3. The van der Waals surface area contributed by atoms with Crippen molar-refractivity contribution >= 4 is 15.7 Å². The summed E-state index contributed by atoms with van der Waals surface area (Å²) >= 11 is 0. The molecule has 0 atom stereocenters. The standard InChI is InChI=1S/C13H20N2O2S/c1-2-15-18(16,17)13-9-4-3-8-12(13)14-10-11-6-5-7-11/h3-4,8-9,11,14-15H,2,5-7,10H2,1H3. The zero-order valence-corrected chi connectivity index (χ0v) is 11.5. The van der Waals surface area contributed by atoms with Gasteiger partial charge in [0.25, 0.3) is 0 Å². The van der Waals surface area contributed by atoms with Gasteiger partial charge in [-0.1, -0.05) is 25.5 Å². The van der Waals surface area contributed by atoms with Crippen molar-refractivity contribution in [3.05, 3.63) is 24.3 Å². The van der Waals surface area contributed by atoms with Crippen LogP contribution in [-0.4, -0.2) is 21.5 Å². The van der Waals surface area contributed by atoms with Crippen LogP contribution in [0.25, 0.3) is 0 Å². The van der Waals surface area contributed by atoms with Crippen molar-refractivity contribution in [2.75, 3.05) is 18.4 Å². The summed E-state index contributed by atoms with van der Waals surface area (Å²) < 4.78 is 26.6. The van der Waals surface area contributed by atoms with Gasteiger partial charge in [-0.15, -0.1) is 0 Å². The van der Waals surface area contributed by atoms with E-state index in [0.29, 0.717) is 23.0 Å². The van der Waals surface area contributed by atoms with E-state index < -0.39 is 10.0 Å². The van der Waals surface area contributed by atoms with E-state index in [1.165, 1.54) is 19.3 Å². The molecular formula is C13H20N2O2S. The third kappa shape index (κ3) is 3.03. The van der Waals surface area contributed by atoms with Gasteiger partial charge in [0, 0.05) is 13.1 Å². The summed E-state index contributed by atoms with van der Waals surface area (Å²) in [5.41, 5.74) is 0.699. The van der Waals surface area contributed by atoms with Crippen molar-refractivity contribution in [3.63, 3.8) is 0 Å². The van der Waals surface area contributed by atoms with Gasteiger partial charge >= 0.3 is 0 Å². The number of benzene rings is 1. The maximum absolute atomic E-state index is 12.0. The Hall–Kier alpha value is -1.07. The van der Waals surface area contributed by atoms with E-state index in [1.54, 1.807) is 19.1 Å². The number of para-hydroxylation sites is 1. The van der Waals surface area contributed by atoms with E-state index in [4.69, 9.17) is 0 Å². The maximum Gasteiger partial charge on any atom is 0.242 e. The highest BCUT2D eigenvalue weighted by atomic mass is 32.2. The molecule has 0 aromatic heterocycles. The van der Waals surface area contributed by atoms with E-state index >= 15 is 0 Å². The number of rotatable bonds is 6. The highest BCUT2D eigenvalue weighted by Crippen LogP contribution is 2.28. The van der Waals surface area contributed by atoms with E-state index in [2.05, 4.69) is 10.0 Å². The van der Waals surface area contributed by atoms with E-state index in [-0.39, 0.29) is 0 Å². The molecule has 0 amide bonds. The summed E-state index contributed by atoms with van der Waals surface area (Å²) in [6.07, 6.45) is 3.79. The molecule has 0 aliphatic heterocycles. The van der Waals surface area contributed by atoms with Crippen LogP contribution < -0.4 is 10.0 Å². The largest absolute Gasteiger partial charge is 0.384 e. The summed E-state index contributed by atoms with van der Waals surface area (Å²) in [6, 6.07) is 7.07. The molecule has 1 aliphatic rings. The molecule has 1 aliphatic carbocycles. The van der Waals surface area contributed by atoms with Gasteiger partial charge in [-0.3, -0.25) is 0 Å². The Morgan fingerprint density at radius 2 is 2.00 bits per heavy atom. The Kier molecular flexibility index (Phi) is 4.24. The van der Waals surface area contributed by atoms with Crippen LogP contribution in [0.2, 0.25) is 0 Å². The zero-order valence-electron chi connectivity index (χ0n) is 10.6. The van der Waals surface area contributed by atoms with Gasteiger partial charge < -0.3 is 5.32 Å². The molecule has 100 valence electrons. The molecule has 0 radical (unpaired) electrons. The average Bonchev–Trinajstić information content (AvgIpc) is 2.27. The molecule has 0 heterocycles. The van der Waals surface area contributed by atoms with E-state index in [1.807, 2.05) is 12.1 Å². The predicted octanol–water partition coefficient (Wildman–Crippen LogP) is 2.20. The van der Waals surface area contributed by atoms with Crippen molar-refractivity contribution in [2.24, 2.45) is 5.92 Å². The van der Waals surface area contributed by atoms with Gasteiger partial charge in [-0.05, 0) is 30.9 Å². The number of anilines is 1. The second-order valence-corrected chi connectivity index (χ2v) is 6.41. The number of hydrogen-bond donors (Lipinski definition) is 2. The van der Waals surface area contributed by atoms with Crippen LogP contribution in [0.3, 0.4) is 0 Å². The van der Waals surface area contributed by atoms with Crippen molar-refractivity contribution in [1.29, 1.82) is 0 Å².